The Balaban J connectivity index is 2.07. The molecule has 2 heterocycles. The highest BCUT2D eigenvalue weighted by atomic mass is 16.5. The lowest BCUT2D eigenvalue weighted by atomic mass is 9.82. The van der Waals surface area contributed by atoms with Crippen LogP contribution < -0.4 is 0 Å². The van der Waals surface area contributed by atoms with Gasteiger partial charge in [-0.1, -0.05) is 12.0 Å². The number of methoxy groups -OCH3 is 1. The highest BCUT2D eigenvalue weighted by Gasteiger charge is 2.33. The average molecular weight is 209 g/mol. The number of esters is 1. The van der Waals surface area contributed by atoms with Crippen LogP contribution in [0.3, 0.4) is 0 Å². The van der Waals surface area contributed by atoms with Crippen LogP contribution in [0.5, 0.6) is 0 Å². The van der Waals surface area contributed by atoms with Crippen molar-refractivity contribution in [2.75, 3.05) is 14.2 Å². The van der Waals surface area contributed by atoms with E-state index in [9.17, 15) is 4.79 Å². The Bertz CT molecular complexity index is 269. The predicted molar refractivity (Wildman–Crippen MR) is 58.5 cm³/mol. The van der Waals surface area contributed by atoms with E-state index in [4.69, 9.17) is 0 Å². The van der Waals surface area contributed by atoms with E-state index in [0.29, 0.717) is 12.1 Å². The van der Waals surface area contributed by atoms with Crippen molar-refractivity contribution in [3.8, 4) is 0 Å². The van der Waals surface area contributed by atoms with E-state index in [1.54, 1.807) is 6.08 Å². The Morgan fingerprint density at radius 3 is 2.53 bits per heavy atom. The van der Waals surface area contributed by atoms with Gasteiger partial charge in [0.1, 0.15) is 0 Å². The van der Waals surface area contributed by atoms with Gasteiger partial charge in [-0.15, -0.1) is 0 Å². The molecule has 3 heteroatoms. The number of hydrogen-bond donors (Lipinski definition) is 0. The smallest absolute Gasteiger partial charge is 0.330 e. The highest BCUT2D eigenvalue weighted by molar-refractivity contribution is 5.82. The number of hydrogen-bond acceptors (Lipinski definition) is 3. The topological polar surface area (TPSA) is 29.5 Å². The highest BCUT2D eigenvalue weighted by Crippen LogP contribution is 2.35. The quantitative estimate of drug-likeness (QED) is 0.486. The summed E-state index contributed by atoms with van der Waals surface area (Å²) in [5.74, 6) is -0.201. The second kappa shape index (κ2) is 4.35. The molecule has 0 aromatic carbocycles. The van der Waals surface area contributed by atoms with Gasteiger partial charge in [0, 0.05) is 18.2 Å². The molecule has 0 amide bonds. The van der Waals surface area contributed by atoms with Crippen molar-refractivity contribution in [2.24, 2.45) is 0 Å². The van der Waals surface area contributed by atoms with Crippen molar-refractivity contribution >= 4 is 5.97 Å². The third-order valence-electron chi connectivity index (χ3n) is 3.75. The number of carbonyl (C=O) groups is 1. The molecule has 2 fully saturated rings. The summed E-state index contributed by atoms with van der Waals surface area (Å²) in [4.78, 5) is 13.7. The number of piperidine rings is 2. The fourth-order valence-corrected chi connectivity index (χ4v) is 2.82. The molecular weight excluding hydrogens is 190 g/mol. The van der Waals surface area contributed by atoms with Crippen LogP contribution in [0.15, 0.2) is 11.6 Å². The molecule has 2 unspecified atom stereocenters. The largest absolute Gasteiger partial charge is 0.466 e. The normalized spacial score (nSPS) is 31.2. The molecule has 2 bridgehead atoms. The van der Waals surface area contributed by atoms with E-state index in [-0.39, 0.29) is 5.97 Å². The molecule has 3 nitrogen and oxygen atoms in total. The number of nitrogens with zero attached hydrogens (tertiary/aromatic N) is 1. The molecule has 2 saturated heterocycles. The maximum Gasteiger partial charge on any atom is 0.330 e. The van der Waals surface area contributed by atoms with E-state index in [0.717, 1.165) is 12.8 Å². The molecule has 0 aliphatic carbocycles. The van der Waals surface area contributed by atoms with Gasteiger partial charge in [0.25, 0.3) is 0 Å². The summed E-state index contributed by atoms with van der Waals surface area (Å²) in [7, 11) is 3.65. The van der Waals surface area contributed by atoms with Crippen LogP contribution in [-0.4, -0.2) is 37.1 Å². The molecule has 2 aliphatic heterocycles. The third-order valence-corrected chi connectivity index (χ3v) is 3.75. The molecule has 2 aliphatic rings. The Labute approximate surface area is 91.1 Å². The Morgan fingerprint density at radius 1 is 1.40 bits per heavy atom. The van der Waals surface area contributed by atoms with Crippen LogP contribution in [-0.2, 0) is 9.53 Å². The maximum atomic E-state index is 11.2. The molecule has 2 rings (SSSR count). The predicted octanol–water partition coefficient (Wildman–Crippen LogP) is 1.73. The molecule has 0 aromatic rings. The summed E-state index contributed by atoms with van der Waals surface area (Å²) >= 11 is 0. The lowest BCUT2D eigenvalue weighted by molar-refractivity contribution is -0.134. The van der Waals surface area contributed by atoms with Crippen LogP contribution in [0.1, 0.15) is 32.1 Å². The Kier molecular flexibility index (Phi) is 3.10. The van der Waals surface area contributed by atoms with E-state index >= 15 is 0 Å². The minimum absolute atomic E-state index is 0.201. The van der Waals surface area contributed by atoms with Crippen molar-refractivity contribution in [1.82, 2.24) is 4.90 Å². The standard InChI is InChI=1S/C12H19NO2/c1-13-10-4-3-5-11(13)7-9(6-10)8-12(14)15-2/h8,10-11H,3-7H2,1-2H3. The Hall–Kier alpha value is -0.830. The molecule has 0 aromatic heterocycles. The van der Waals surface area contributed by atoms with Crippen molar-refractivity contribution in [1.29, 1.82) is 0 Å². The van der Waals surface area contributed by atoms with E-state index in [1.165, 1.54) is 31.9 Å². The summed E-state index contributed by atoms with van der Waals surface area (Å²) < 4.78 is 4.67. The lowest BCUT2D eigenvalue weighted by Gasteiger charge is -2.44. The fraction of sp³-hybridized carbons (Fsp3) is 0.750. The van der Waals surface area contributed by atoms with Gasteiger partial charge in [-0.25, -0.2) is 4.79 Å². The van der Waals surface area contributed by atoms with Gasteiger partial charge in [0.05, 0.1) is 7.11 Å². The van der Waals surface area contributed by atoms with Gasteiger partial charge in [-0.05, 0) is 32.7 Å². The van der Waals surface area contributed by atoms with Gasteiger partial charge < -0.3 is 4.74 Å². The first-order chi connectivity index (χ1) is 7.20. The molecule has 0 spiro atoms. The first-order valence-electron chi connectivity index (χ1n) is 5.70. The van der Waals surface area contributed by atoms with Crippen LogP contribution in [0.25, 0.3) is 0 Å². The van der Waals surface area contributed by atoms with Crippen LogP contribution >= 0.6 is 0 Å². The first-order valence-corrected chi connectivity index (χ1v) is 5.70. The zero-order chi connectivity index (χ0) is 10.8. The van der Waals surface area contributed by atoms with Crippen LogP contribution in [0.2, 0.25) is 0 Å². The minimum atomic E-state index is -0.201. The minimum Gasteiger partial charge on any atom is -0.466 e. The summed E-state index contributed by atoms with van der Waals surface area (Å²) in [6.07, 6.45) is 7.66. The average Bonchev–Trinajstić information content (AvgIpc) is 2.19. The first kappa shape index (κ1) is 10.7. The second-order valence-electron chi connectivity index (χ2n) is 4.64. The summed E-state index contributed by atoms with van der Waals surface area (Å²) in [5, 5.41) is 0. The van der Waals surface area contributed by atoms with Crippen LogP contribution in [0, 0.1) is 0 Å². The van der Waals surface area contributed by atoms with Gasteiger partial charge in [0.2, 0.25) is 0 Å². The monoisotopic (exact) mass is 209 g/mol. The van der Waals surface area contributed by atoms with Gasteiger partial charge in [-0.2, -0.15) is 0 Å². The molecular formula is C12H19NO2. The summed E-state index contributed by atoms with van der Waals surface area (Å²) in [6, 6.07) is 1.29. The molecule has 2 atom stereocenters. The second-order valence-corrected chi connectivity index (χ2v) is 4.64. The molecule has 0 radical (unpaired) electrons. The summed E-state index contributed by atoms with van der Waals surface area (Å²) in [6.45, 7) is 0. The maximum absolute atomic E-state index is 11.2. The zero-order valence-corrected chi connectivity index (χ0v) is 9.53. The zero-order valence-electron chi connectivity index (χ0n) is 9.53. The molecule has 0 saturated carbocycles. The number of rotatable bonds is 1. The van der Waals surface area contributed by atoms with Crippen molar-refractivity contribution < 1.29 is 9.53 Å². The van der Waals surface area contributed by atoms with Gasteiger partial charge >= 0.3 is 5.97 Å². The fourth-order valence-electron chi connectivity index (χ4n) is 2.82. The number of ether oxygens (including phenoxy) is 1. The van der Waals surface area contributed by atoms with Crippen molar-refractivity contribution in [3.63, 3.8) is 0 Å². The van der Waals surface area contributed by atoms with Crippen molar-refractivity contribution in [2.45, 2.75) is 44.2 Å². The van der Waals surface area contributed by atoms with Crippen molar-refractivity contribution in [3.05, 3.63) is 11.6 Å². The lowest BCUT2D eigenvalue weighted by Crippen LogP contribution is -2.47. The molecule has 84 valence electrons. The SMILES string of the molecule is COC(=O)C=C1CC2CCCC(C1)N2C. The molecule has 15 heavy (non-hydrogen) atoms. The number of fused-ring (bicyclic) bond motifs is 2. The number of carbonyl (C=O) groups excluding carboxylic acids is 1. The van der Waals surface area contributed by atoms with Crippen LogP contribution in [0.4, 0.5) is 0 Å². The van der Waals surface area contributed by atoms with E-state index < -0.39 is 0 Å². The summed E-state index contributed by atoms with van der Waals surface area (Å²) in [5.41, 5.74) is 1.27. The van der Waals surface area contributed by atoms with Gasteiger partial charge in [0.15, 0.2) is 0 Å². The van der Waals surface area contributed by atoms with E-state index in [1.807, 2.05) is 0 Å². The molecule has 0 N–H and O–H groups in total. The Morgan fingerprint density at radius 2 is 2.00 bits per heavy atom. The van der Waals surface area contributed by atoms with E-state index in [2.05, 4.69) is 16.7 Å². The third kappa shape index (κ3) is 2.23. The van der Waals surface area contributed by atoms with Gasteiger partial charge in [-0.3, -0.25) is 4.90 Å².